The van der Waals surface area contributed by atoms with Crippen LogP contribution in [0, 0.1) is 12.8 Å². The lowest BCUT2D eigenvalue weighted by Crippen LogP contribution is -2.46. The highest BCUT2D eigenvalue weighted by Crippen LogP contribution is 2.35. The van der Waals surface area contributed by atoms with Crippen molar-refractivity contribution in [2.24, 2.45) is 5.92 Å². The molecule has 2 fully saturated rings. The van der Waals surface area contributed by atoms with Gasteiger partial charge in [-0.3, -0.25) is 9.69 Å². The molecule has 0 unspecified atom stereocenters. The Labute approximate surface area is 192 Å². The van der Waals surface area contributed by atoms with Crippen LogP contribution in [0.15, 0.2) is 41.2 Å². The number of piperidine rings is 1. The second-order valence-corrected chi connectivity index (χ2v) is 10.7. The van der Waals surface area contributed by atoms with E-state index in [4.69, 9.17) is 9.97 Å². The smallest absolute Gasteiger partial charge is 0.250 e. The normalized spacial score (nSPS) is 23.3. The van der Waals surface area contributed by atoms with Gasteiger partial charge in [0.1, 0.15) is 11.6 Å². The number of anilines is 1. The molecule has 2 saturated heterocycles. The summed E-state index contributed by atoms with van der Waals surface area (Å²) in [5.41, 5.74) is 3.63. The molecule has 0 amide bonds. The van der Waals surface area contributed by atoms with Crippen LogP contribution in [0.3, 0.4) is 0 Å². The lowest BCUT2D eigenvalue weighted by Gasteiger charge is -2.42. The van der Waals surface area contributed by atoms with Crippen molar-refractivity contribution in [3.63, 3.8) is 0 Å². The zero-order valence-electron chi connectivity index (χ0n) is 18.5. The fourth-order valence-corrected chi connectivity index (χ4v) is 6.59. The number of pyridine rings is 1. The summed E-state index contributed by atoms with van der Waals surface area (Å²) in [7, 11) is 0. The molecule has 6 rings (SSSR count). The molecule has 3 aliphatic heterocycles. The second kappa shape index (κ2) is 8.19. The highest BCUT2D eigenvalue weighted by atomic mass is 32.2. The minimum atomic E-state index is 0.142. The van der Waals surface area contributed by atoms with Crippen LogP contribution in [0.25, 0.3) is 10.9 Å². The third-order valence-electron chi connectivity index (χ3n) is 7.11. The SMILES string of the molecule is Cc1ccc2nc(CN3C[C@@H]4C[C@@H](C3)c3cccc(=O)n3C4)nc(N3CCSCC3)c2c1. The molecule has 2 bridgehead atoms. The average molecular weight is 448 g/mol. The van der Waals surface area contributed by atoms with Gasteiger partial charge < -0.3 is 9.47 Å². The molecule has 2 atom stereocenters. The van der Waals surface area contributed by atoms with Crippen molar-refractivity contribution in [1.82, 2.24) is 19.4 Å². The molecule has 0 aliphatic carbocycles. The maximum absolute atomic E-state index is 12.3. The molecule has 0 saturated carbocycles. The zero-order valence-corrected chi connectivity index (χ0v) is 19.4. The van der Waals surface area contributed by atoms with Gasteiger partial charge in [0.25, 0.3) is 5.56 Å². The van der Waals surface area contributed by atoms with Gasteiger partial charge in [0.05, 0.1) is 12.1 Å². The quantitative estimate of drug-likeness (QED) is 0.614. The van der Waals surface area contributed by atoms with Crippen molar-refractivity contribution in [1.29, 1.82) is 0 Å². The average Bonchev–Trinajstić information content (AvgIpc) is 2.80. The summed E-state index contributed by atoms with van der Waals surface area (Å²) in [5, 5.41) is 1.17. The molecule has 2 aromatic heterocycles. The van der Waals surface area contributed by atoms with E-state index in [1.807, 2.05) is 22.4 Å². The molecule has 6 nitrogen and oxygen atoms in total. The summed E-state index contributed by atoms with van der Waals surface area (Å²) in [6.45, 7) is 7.79. The maximum atomic E-state index is 12.3. The van der Waals surface area contributed by atoms with E-state index in [-0.39, 0.29) is 5.56 Å². The van der Waals surface area contributed by atoms with E-state index in [1.165, 1.54) is 23.1 Å². The Morgan fingerprint density at radius 2 is 1.94 bits per heavy atom. The second-order valence-electron chi connectivity index (χ2n) is 9.48. The first kappa shape index (κ1) is 20.2. The fourth-order valence-electron chi connectivity index (χ4n) is 5.68. The predicted molar refractivity (Wildman–Crippen MR) is 131 cm³/mol. The Morgan fingerprint density at radius 1 is 1.06 bits per heavy atom. The van der Waals surface area contributed by atoms with Crippen molar-refractivity contribution in [2.75, 3.05) is 42.6 Å². The van der Waals surface area contributed by atoms with Crippen LogP contribution in [0.1, 0.15) is 29.4 Å². The van der Waals surface area contributed by atoms with Crippen LogP contribution in [-0.4, -0.2) is 57.1 Å². The molecule has 166 valence electrons. The zero-order chi connectivity index (χ0) is 21.7. The van der Waals surface area contributed by atoms with Gasteiger partial charge in [0.15, 0.2) is 0 Å². The molecule has 0 radical (unpaired) electrons. The van der Waals surface area contributed by atoms with Crippen LogP contribution in [0.2, 0.25) is 0 Å². The number of hydrogen-bond donors (Lipinski definition) is 0. The van der Waals surface area contributed by atoms with Crippen LogP contribution < -0.4 is 10.5 Å². The Kier molecular flexibility index (Phi) is 5.18. The molecule has 0 N–H and O–H groups in total. The number of fused-ring (bicyclic) bond motifs is 5. The van der Waals surface area contributed by atoms with Gasteiger partial charge in [-0.1, -0.05) is 17.7 Å². The van der Waals surface area contributed by atoms with Crippen molar-refractivity contribution < 1.29 is 0 Å². The van der Waals surface area contributed by atoms with Crippen molar-refractivity contribution >= 4 is 28.5 Å². The van der Waals surface area contributed by atoms with Gasteiger partial charge in [-0.05, 0) is 37.5 Å². The highest BCUT2D eigenvalue weighted by molar-refractivity contribution is 7.99. The molecule has 0 spiro atoms. The van der Waals surface area contributed by atoms with Gasteiger partial charge in [-0.2, -0.15) is 11.8 Å². The van der Waals surface area contributed by atoms with Gasteiger partial charge in [0, 0.05) is 67.3 Å². The fraction of sp³-hybridized carbons (Fsp3) is 0.480. The van der Waals surface area contributed by atoms with Crippen molar-refractivity contribution in [3.05, 3.63) is 63.8 Å². The van der Waals surface area contributed by atoms with Gasteiger partial charge in [-0.15, -0.1) is 0 Å². The van der Waals surface area contributed by atoms with E-state index in [0.29, 0.717) is 11.8 Å². The summed E-state index contributed by atoms with van der Waals surface area (Å²) in [4.78, 5) is 27.4. The summed E-state index contributed by atoms with van der Waals surface area (Å²) in [6.07, 6.45) is 1.18. The summed E-state index contributed by atoms with van der Waals surface area (Å²) in [6, 6.07) is 12.3. The molecular weight excluding hydrogens is 418 g/mol. The van der Waals surface area contributed by atoms with Crippen LogP contribution in [-0.2, 0) is 13.1 Å². The lowest BCUT2D eigenvalue weighted by atomic mass is 9.83. The first-order chi connectivity index (χ1) is 15.6. The summed E-state index contributed by atoms with van der Waals surface area (Å²) < 4.78 is 2.00. The maximum Gasteiger partial charge on any atom is 0.250 e. The molecule has 5 heterocycles. The Morgan fingerprint density at radius 3 is 2.81 bits per heavy atom. The Balaban J connectivity index is 1.31. The highest BCUT2D eigenvalue weighted by Gasteiger charge is 2.34. The topological polar surface area (TPSA) is 54.3 Å². The Hall–Kier alpha value is -2.38. The van der Waals surface area contributed by atoms with Crippen LogP contribution in [0.5, 0.6) is 0 Å². The number of nitrogens with zero attached hydrogens (tertiary/aromatic N) is 5. The number of hydrogen-bond acceptors (Lipinski definition) is 6. The van der Waals surface area contributed by atoms with Crippen LogP contribution >= 0.6 is 11.8 Å². The first-order valence-corrected chi connectivity index (χ1v) is 12.8. The minimum absolute atomic E-state index is 0.142. The van der Waals surface area contributed by atoms with Gasteiger partial charge >= 0.3 is 0 Å². The number of thioether (sulfide) groups is 1. The van der Waals surface area contributed by atoms with E-state index in [1.54, 1.807) is 6.07 Å². The third-order valence-corrected chi connectivity index (χ3v) is 8.05. The van der Waals surface area contributed by atoms with Crippen molar-refractivity contribution in [2.45, 2.75) is 32.4 Å². The van der Waals surface area contributed by atoms with E-state index >= 15 is 0 Å². The van der Waals surface area contributed by atoms with E-state index in [9.17, 15) is 4.79 Å². The van der Waals surface area contributed by atoms with Gasteiger partial charge in [-0.25, -0.2) is 9.97 Å². The number of aromatic nitrogens is 3. The summed E-state index contributed by atoms with van der Waals surface area (Å²) >= 11 is 2.02. The molecule has 3 aromatic rings. The first-order valence-electron chi connectivity index (χ1n) is 11.7. The minimum Gasteiger partial charge on any atom is -0.354 e. The van der Waals surface area contributed by atoms with Crippen LogP contribution in [0.4, 0.5) is 5.82 Å². The number of likely N-dealkylation sites (tertiary alicyclic amines) is 1. The molecular formula is C25H29N5OS. The molecule has 32 heavy (non-hydrogen) atoms. The monoisotopic (exact) mass is 447 g/mol. The van der Waals surface area contributed by atoms with Crippen molar-refractivity contribution in [3.8, 4) is 0 Å². The van der Waals surface area contributed by atoms with E-state index in [2.05, 4.69) is 41.0 Å². The predicted octanol–water partition coefficient (Wildman–Crippen LogP) is 3.27. The summed E-state index contributed by atoms with van der Waals surface area (Å²) in [5.74, 6) is 5.26. The molecule has 1 aromatic carbocycles. The Bertz CT molecular complexity index is 1220. The number of rotatable bonds is 3. The third kappa shape index (κ3) is 3.71. The largest absolute Gasteiger partial charge is 0.354 e. The van der Waals surface area contributed by atoms with E-state index in [0.717, 1.165) is 67.9 Å². The lowest BCUT2D eigenvalue weighted by molar-refractivity contribution is 0.112. The molecule has 3 aliphatic rings. The standard InChI is InChI=1S/C25H29N5OS/c1-17-5-6-21-20(11-17)25(29-7-9-32-10-8-29)27-23(26-21)16-28-13-18-12-19(15-28)22-3-2-4-24(31)30(22)14-18/h2-6,11,18-19H,7-10,12-16H2,1H3/t18-,19-/m0/s1. The molecule has 7 heteroatoms. The number of aryl methyl sites for hydroxylation is 1. The van der Waals surface area contributed by atoms with Gasteiger partial charge in [0.2, 0.25) is 0 Å². The van der Waals surface area contributed by atoms with E-state index < -0.39 is 0 Å². The number of benzene rings is 1.